The number of hydrogen-bond acceptors (Lipinski definition) is 3. The van der Waals surface area contributed by atoms with E-state index in [-0.39, 0.29) is 17.7 Å². The molecule has 2 N–H and O–H groups in total. The van der Waals surface area contributed by atoms with Crippen LogP contribution in [-0.4, -0.2) is 34.5 Å². The van der Waals surface area contributed by atoms with E-state index >= 15 is 0 Å². The lowest BCUT2D eigenvalue weighted by molar-refractivity contribution is -0.143. The van der Waals surface area contributed by atoms with Gasteiger partial charge in [-0.05, 0) is 18.1 Å². The van der Waals surface area contributed by atoms with Gasteiger partial charge in [-0.1, -0.05) is 20.3 Å². The van der Waals surface area contributed by atoms with Gasteiger partial charge in [-0.25, -0.2) is 4.79 Å². The second-order valence-electron chi connectivity index (χ2n) is 4.27. The van der Waals surface area contributed by atoms with Crippen molar-refractivity contribution in [2.24, 2.45) is 11.8 Å². The summed E-state index contributed by atoms with van der Waals surface area (Å²) in [6, 6.07) is -0.747. The van der Waals surface area contributed by atoms with Gasteiger partial charge in [0.2, 0.25) is 5.91 Å². The van der Waals surface area contributed by atoms with Crippen LogP contribution in [0.4, 0.5) is 0 Å². The summed E-state index contributed by atoms with van der Waals surface area (Å²) in [7, 11) is 0. The van der Waals surface area contributed by atoms with E-state index in [0.29, 0.717) is 0 Å². The predicted octanol–water partition coefficient (Wildman–Crippen LogP) is 1.35. The first-order valence-electron chi connectivity index (χ1n) is 5.67. The largest absolute Gasteiger partial charge is 0.480 e. The molecule has 92 valence electrons. The Balaban J connectivity index is 2.53. The number of carboxylic acids is 1. The lowest BCUT2D eigenvalue weighted by Gasteiger charge is -2.21. The molecule has 1 aliphatic rings. The molecule has 0 spiro atoms. The third-order valence-corrected chi connectivity index (χ3v) is 4.24. The summed E-state index contributed by atoms with van der Waals surface area (Å²) < 4.78 is 0. The van der Waals surface area contributed by atoms with Crippen molar-refractivity contribution in [1.29, 1.82) is 0 Å². The Morgan fingerprint density at radius 3 is 2.69 bits per heavy atom. The zero-order chi connectivity index (χ0) is 12.1. The van der Waals surface area contributed by atoms with E-state index in [0.717, 1.165) is 24.3 Å². The lowest BCUT2D eigenvalue weighted by Crippen LogP contribution is -2.47. The van der Waals surface area contributed by atoms with Crippen molar-refractivity contribution < 1.29 is 14.7 Å². The highest BCUT2D eigenvalue weighted by molar-refractivity contribution is 7.99. The van der Waals surface area contributed by atoms with Gasteiger partial charge in [-0.3, -0.25) is 4.79 Å². The summed E-state index contributed by atoms with van der Waals surface area (Å²) in [6.07, 6.45) is 1.61. The molecule has 0 aromatic carbocycles. The van der Waals surface area contributed by atoms with Crippen LogP contribution in [0.15, 0.2) is 0 Å². The Morgan fingerprint density at radius 2 is 2.25 bits per heavy atom. The summed E-state index contributed by atoms with van der Waals surface area (Å²) in [5.74, 6) is 0.746. The predicted molar refractivity (Wildman–Crippen MR) is 64.5 cm³/mol. The minimum Gasteiger partial charge on any atom is -0.480 e. The van der Waals surface area contributed by atoms with Crippen LogP contribution in [-0.2, 0) is 9.59 Å². The van der Waals surface area contributed by atoms with E-state index < -0.39 is 12.0 Å². The number of thioether (sulfide) groups is 1. The molecule has 1 rings (SSSR count). The van der Waals surface area contributed by atoms with Gasteiger partial charge < -0.3 is 10.4 Å². The quantitative estimate of drug-likeness (QED) is 0.767. The summed E-state index contributed by atoms with van der Waals surface area (Å²) >= 11 is 1.75. The van der Waals surface area contributed by atoms with Gasteiger partial charge in [0.25, 0.3) is 0 Å². The highest BCUT2D eigenvalue weighted by atomic mass is 32.2. The molecule has 0 bridgehead atoms. The lowest BCUT2D eigenvalue weighted by atomic mass is 9.98. The number of amides is 1. The molecule has 0 aliphatic carbocycles. The topological polar surface area (TPSA) is 66.4 Å². The van der Waals surface area contributed by atoms with E-state index in [2.05, 4.69) is 5.32 Å². The van der Waals surface area contributed by atoms with Gasteiger partial charge in [-0.2, -0.15) is 11.8 Å². The van der Waals surface area contributed by atoms with Crippen molar-refractivity contribution in [3.63, 3.8) is 0 Å². The molecule has 1 saturated heterocycles. The van der Waals surface area contributed by atoms with E-state index in [9.17, 15) is 9.59 Å². The fourth-order valence-corrected chi connectivity index (χ4v) is 2.92. The number of carbonyl (C=O) groups excluding carboxylic acids is 1. The molecular formula is C11H19NO3S. The van der Waals surface area contributed by atoms with Crippen LogP contribution in [0.25, 0.3) is 0 Å². The summed E-state index contributed by atoms with van der Waals surface area (Å²) in [5, 5.41) is 11.7. The highest BCUT2D eigenvalue weighted by Crippen LogP contribution is 2.23. The molecule has 5 heteroatoms. The van der Waals surface area contributed by atoms with Gasteiger partial charge in [0.15, 0.2) is 0 Å². The monoisotopic (exact) mass is 245 g/mol. The number of hydrogen-bond donors (Lipinski definition) is 2. The average Bonchev–Trinajstić information content (AvgIpc) is 2.77. The number of aliphatic carboxylic acids is 1. The SMILES string of the molecule is CCC(C)[C@H](NC(=O)C1CCSC1)C(=O)O. The van der Waals surface area contributed by atoms with E-state index in [1.54, 1.807) is 11.8 Å². The normalized spacial score (nSPS) is 23.8. The van der Waals surface area contributed by atoms with Crippen LogP contribution in [0.3, 0.4) is 0 Å². The zero-order valence-electron chi connectivity index (χ0n) is 9.73. The fraction of sp³-hybridized carbons (Fsp3) is 0.818. The van der Waals surface area contributed by atoms with Crippen LogP contribution in [0.2, 0.25) is 0 Å². The smallest absolute Gasteiger partial charge is 0.326 e. The maximum Gasteiger partial charge on any atom is 0.326 e. The first kappa shape index (κ1) is 13.4. The fourth-order valence-electron chi connectivity index (χ4n) is 1.70. The number of carbonyl (C=O) groups is 2. The molecule has 1 aliphatic heterocycles. The van der Waals surface area contributed by atoms with Gasteiger partial charge in [0.1, 0.15) is 6.04 Å². The van der Waals surface area contributed by atoms with Crippen LogP contribution < -0.4 is 5.32 Å². The molecule has 0 saturated carbocycles. The van der Waals surface area contributed by atoms with Gasteiger partial charge in [-0.15, -0.1) is 0 Å². The molecular weight excluding hydrogens is 226 g/mol. The first-order valence-corrected chi connectivity index (χ1v) is 6.82. The minimum absolute atomic E-state index is 0.00379. The molecule has 4 nitrogen and oxygen atoms in total. The van der Waals surface area contributed by atoms with Crippen LogP contribution in [0.5, 0.6) is 0 Å². The third kappa shape index (κ3) is 3.40. The van der Waals surface area contributed by atoms with E-state index in [4.69, 9.17) is 5.11 Å². The third-order valence-electron chi connectivity index (χ3n) is 3.08. The van der Waals surface area contributed by atoms with Crippen molar-refractivity contribution in [1.82, 2.24) is 5.32 Å². The second-order valence-corrected chi connectivity index (χ2v) is 5.42. The molecule has 3 atom stereocenters. The Hall–Kier alpha value is -0.710. The number of carboxylic acid groups (broad SMARTS) is 1. The van der Waals surface area contributed by atoms with Crippen molar-refractivity contribution in [2.45, 2.75) is 32.7 Å². The molecule has 1 fully saturated rings. The van der Waals surface area contributed by atoms with Crippen LogP contribution >= 0.6 is 11.8 Å². The zero-order valence-corrected chi connectivity index (χ0v) is 10.5. The first-order chi connectivity index (χ1) is 7.56. The summed E-state index contributed by atoms with van der Waals surface area (Å²) in [6.45, 7) is 3.78. The maximum absolute atomic E-state index is 11.8. The standard InChI is InChI=1S/C11H19NO3S/c1-3-7(2)9(11(14)15)12-10(13)8-4-5-16-6-8/h7-9H,3-6H2,1-2H3,(H,12,13)(H,14,15)/t7?,8?,9-/m0/s1. The number of rotatable bonds is 5. The maximum atomic E-state index is 11.8. The van der Waals surface area contributed by atoms with Gasteiger partial charge >= 0.3 is 5.97 Å². The molecule has 1 amide bonds. The number of nitrogens with one attached hydrogen (secondary N) is 1. The molecule has 0 aromatic heterocycles. The van der Waals surface area contributed by atoms with Crippen molar-refractivity contribution in [3.8, 4) is 0 Å². The highest BCUT2D eigenvalue weighted by Gasteiger charge is 2.30. The molecule has 0 aromatic rings. The Labute approximate surface area is 100 Å². The van der Waals surface area contributed by atoms with Gasteiger partial charge in [0.05, 0.1) is 0 Å². The van der Waals surface area contributed by atoms with E-state index in [1.807, 2.05) is 13.8 Å². The molecule has 2 unspecified atom stereocenters. The van der Waals surface area contributed by atoms with Crippen molar-refractivity contribution in [2.75, 3.05) is 11.5 Å². The molecule has 16 heavy (non-hydrogen) atoms. The van der Waals surface area contributed by atoms with Crippen LogP contribution in [0.1, 0.15) is 26.7 Å². The second kappa shape index (κ2) is 6.13. The Kier molecular flexibility index (Phi) is 5.12. The Bertz CT molecular complexity index is 264. The van der Waals surface area contributed by atoms with Crippen molar-refractivity contribution in [3.05, 3.63) is 0 Å². The molecule has 0 radical (unpaired) electrons. The Morgan fingerprint density at radius 1 is 1.56 bits per heavy atom. The summed E-state index contributed by atoms with van der Waals surface area (Å²) in [4.78, 5) is 22.8. The summed E-state index contributed by atoms with van der Waals surface area (Å²) in [5.41, 5.74) is 0. The van der Waals surface area contributed by atoms with Crippen LogP contribution in [0, 0.1) is 11.8 Å². The van der Waals surface area contributed by atoms with Crippen molar-refractivity contribution >= 4 is 23.6 Å². The van der Waals surface area contributed by atoms with E-state index in [1.165, 1.54) is 0 Å². The molecule has 1 heterocycles. The van der Waals surface area contributed by atoms with Gasteiger partial charge in [0, 0.05) is 11.7 Å². The minimum atomic E-state index is -0.937. The average molecular weight is 245 g/mol.